The average Bonchev–Trinajstić information content (AvgIpc) is 2.85. The number of ether oxygens (including phenoxy) is 4. The van der Waals surface area contributed by atoms with Crippen molar-refractivity contribution in [3.05, 3.63) is 35.9 Å². The first-order valence-corrected chi connectivity index (χ1v) is 15.4. The highest BCUT2D eigenvalue weighted by molar-refractivity contribution is 6.74. The lowest BCUT2D eigenvalue weighted by molar-refractivity contribution is -0.360. The Morgan fingerprint density at radius 1 is 0.811 bits per heavy atom. The average molecular weight is 547 g/mol. The normalized spacial score (nSPS) is 37.5. The lowest BCUT2D eigenvalue weighted by atomic mass is 9.97. The summed E-state index contributed by atoms with van der Waals surface area (Å²) < 4.78 is 28.9. The summed E-state index contributed by atoms with van der Waals surface area (Å²) in [5.41, 5.74) is 0.823. The van der Waals surface area contributed by atoms with Gasteiger partial charge in [-0.25, -0.2) is 0 Å². The molecule has 2 aliphatic heterocycles. The Hall–Kier alpha value is -1.00. The smallest absolute Gasteiger partial charge is 0.192 e. The zero-order chi connectivity index (χ0) is 27.5. The molecule has 0 unspecified atom stereocenters. The van der Waals surface area contributed by atoms with Crippen molar-refractivity contribution in [3.8, 4) is 0 Å². The van der Waals surface area contributed by atoms with Crippen LogP contribution in [0.15, 0.2) is 30.3 Å². The van der Waals surface area contributed by atoms with Crippen LogP contribution in [0.2, 0.25) is 18.1 Å². The number of rotatable bonds is 9. The van der Waals surface area contributed by atoms with E-state index in [0.717, 1.165) is 5.56 Å². The molecule has 12 heteroatoms. The van der Waals surface area contributed by atoms with Crippen molar-refractivity contribution in [1.82, 2.24) is 0 Å². The fraction of sp³-hybridized carbons (Fsp3) is 0.760. The van der Waals surface area contributed by atoms with Crippen LogP contribution in [0.1, 0.15) is 26.3 Å². The molecule has 0 amide bonds. The number of aliphatic hydroxyl groups excluding tert-OH is 6. The topological polar surface area (TPSA) is 168 Å². The molecule has 1 aromatic carbocycles. The molecular weight excluding hydrogens is 504 g/mol. The second kappa shape index (κ2) is 12.5. The van der Waals surface area contributed by atoms with Gasteiger partial charge in [-0.1, -0.05) is 51.1 Å². The van der Waals surface area contributed by atoms with Crippen molar-refractivity contribution < 1.29 is 54.0 Å². The summed E-state index contributed by atoms with van der Waals surface area (Å²) in [4.78, 5) is 0. The molecule has 11 nitrogen and oxygen atoms in total. The Kier molecular flexibility index (Phi) is 10.3. The molecular formula is C25H42O11Si. The molecule has 2 saturated heterocycles. The second-order valence-corrected chi connectivity index (χ2v) is 16.0. The summed E-state index contributed by atoms with van der Waals surface area (Å²) in [7, 11) is -2.22. The molecule has 1 aromatic rings. The zero-order valence-electron chi connectivity index (χ0n) is 22.0. The molecule has 0 radical (unpaired) electrons. The molecule has 0 spiro atoms. The van der Waals surface area contributed by atoms with E-state index in [-0.39, 0.29) is 18.3 Å². The third-order valence-corrected chi connectivity index (χ3v) is 12.0. The molecule has 0 saturated carbocycles. The Bertz CT molecular complexity index is 834. The fourth-order valence-electron chi connectivity index (χ4n) is 3.94. The van der Waals surface area contributed by atoms with Gasteiger partial charge in [0.05, 0.1) is 19.8 Å². The maximum atomic E-state index is 10.8. The summed E-state index contributed by atoms with van der Waals surface area (Å²) >= 11 is 0. The van der Waals surface area contributed by atoms with Crippen molar-refractivity contribution in [2.45, 2.75) is 107 Å². The minimum absolute atomic E-state index is 0.0491. The zero-order valence-corrected chi connectivity index (χ0v) is 23.0. The van der Waals surface area contributed by atoms with Gasteiger partial charge in [0.15, 0.2) is 20.9 Å². The van der Waals surface area contributed by atoms with Gasteiger partial charge in [-0.15, -0.1) is 0 Å². The van der Waals surface area contributed by atoms with Crippen LogP contribution in [-0.2, 0) is 30.0 Å². The highest BCUT2D eigenvalue weighted by atomic mass is 28.4. The van der Waals surface area contributed by atoms with Gasteiger partial charge >= 0.3 is 0 Å². The van der Waals surface area contributed by atoms with Crippen molar-refractivity contribution in [2.24, 2.45) is 0 Å². The predicted octanol–water partition coefficient (Wildman–Crippen LogP) is -0.143. The Balaban J connectivity index is 1.66. The van der Waals surface area contributed by atoms with Crippen LogP contribution in [0, 0.1) is 0 Å². The van der Waals surface area contributed by atoms with Crippen LogP contribution in [0.4, 0.5) is 0 Å². The number of aliphatic hydroxyl groups is 6. The lowest BCUT2D eigenvalue weighted by Crippen LogP contribution is -2.65. The summed E-state index contributed by atoms with van der Waals surface area (Å²) in [5, 5.41) is 62.7. The lowest BCUT2D eigenvalue weighted by Gasteiger charge is -2.46. The molecule has 212 valence electrons. The summed E-state index contributed by atoms with van der Waals surface area (Å²) in [6.07, 6.45) is -14.1. The molecule has 0 aliphatic carbocycles. The van der Waals surface area contributed by atoms with Crippen LogP contribution in [0.5, 0.6) is 0 Å². The minimum atomic E-state index is -2.22. The van der Waals surface area contributed by atoms with E-state index in [1.54, 1.807) is 0 Å². The Morgan fingerprint density at radius 3 is 2.00 bits per heavy atom. The molecule has 0 bridgehead atoms. The van der Waals surface area contributed by atoms with Crippen LogP contribution in [0.25, 0.3) is 0 Å². The first-order chi connectivity index (χ1) is 17.3. The Morgan fingerprint density at radius 2 is 1.41 bits per heavy atom. The maximum absolute atomic E-state index is 10.8. The molecule has 2 heterocycles. The molecule has 0 aromatic heterocycles. The second-order valence-electron chi connectivity index (χ2n) is 11.2. The number of hydrogen-bond donors (Lipinski definition) is 6. The van der Waals surface area contributed by atoms with E-state index in [0.29, 0.717) is 0 Å². The van der Waals surface area contributed by atoms with Crippen molar-refractivity contribution in [1.29, 1.82) is 0 Å². The number of hydrogen-bond acceptors (Lipinski definition) is 11. The number of benzene rings is 1. The Labute approximate surface area is 218 Å². The highest BCUT2D eigenvalue weighted by Crippen LogP contribution is 2.37. The van der Waals surface area contributed by atoms with E-state index in [1.807, 2.05) is 43.4 Å². The predicted molar refractivity (Wildman–Crippen MR) is 134 cm³/mol. The fourth-order valence-corrected chi connectivity index (χ4v) is 4.95. The third-order valence-electron chi connectivity index (χ3n) is 7.45. The first kappa shape index (κ1) is 30.5. The maximum Gasteiger partial charge on any atom is 0.192 e. The van der Waals surface area contributed by atoms with Gasteiger partial charge < -0.3 is 54.0 Å². The van der Waals surface area contributed by atoms with Gasteiger partial charge in [0.2, 0.25) is 0 Å². The largest absolute Gasteiger partial charge is 0.414 e. The van der Waals surface area contributed by atoms with Gasteiger partial charge in [-0.05, 0) is 23.7 Å². The van der Waals surface area contributed by atoms with Crippen molar-refractivity contribution >= 4 is 8.32 Å². The van der Waals surface area contributed by atoms with Crippen LogP contribution in [0.3, 0.4) is 0 Å². The molecule has 6 N–H and O–H groups in total. The quantitative estimate of drug-likeness (QED) is 0.228. The molecule has 37 heavy (non-hydrogen) atoms. The van der Waals surface area contributed by atoms with Crippen LogP contribution >= 0.6 is 0 Å². The van der Waals surface area contributed by atoms with E-state index in [1.165, 1.54) is 0 Å². The molecule has 3 rings (SSSR count). The van der Waals surface area contributed by atoms with E-state index in [2.05, 4.69) is 20.8 Å². The standard InChI is InChI=1S/C25H42O11Si/c1-25(2,3)37(4,5)33-13-16-17(27)18(28)20(30)24(35-16)36-22-15(11-26)34-23(21(31)19(22)29)32-12-14-9-7-6-8-10-14/h6-10,15-24,26-31H,11-13H2,1-5H3/t15-,16-,17+,18+,19-,20-,21-,22-,23+,24+/m1/s1. The van der Waals surface area contributed by atoms with Crippen LogP contribution < -0.4 is 0 Å². The summed E-state index contributed by atoms with van der Waals surface area (Å²) in [6.45, 7) is 9.69. The van der Waals surface area contributed by atoms with Gasteiger partial charge in [-0.3, -0.25) is 0 Å². The van der Waals surface area contributed by atoms with Gasteiger partial charge in [0.1, 0.15) is 48.8 Å². The van der Waals surface area contributed by atoms with E-state index < -0.39 is 76.3 Å². The third kappa shape index (κ3) is 7.15. The summed E-state index contributed by atoms with van der Waals surface area (Å²) in [5.74, 6) is 0. The van der Waals surface area contributed by atoms with Gasteiger partial charge in [0.25, 0.3) is 0 Å². The van der Waals surface area contributed by atoms with Crippen LogP contribution in [-0.4, -0.2) is 114 Å². The molecule has 2 fully saturated rings. The highest BCUT2D eigenvalue weighted by Gasteiger charge is 2.51. The van der Waals surface area contributed by atoms with Gasteiger partial charge in [0, 0.05) is 0 Å². The van der Waals surface area contributed by atoms with E-state index in [4.69, 9.17) is 23.4 Å². The minimum Gasteiger partial charge on any atom is -0.414 e. The monoisotopic (exact) mass is 546 g/mol. The van der Waals surface area contributed by atoms with E-state index >= 15 is 0 Å². The molecule has 2 aliphatic rings. The van der Waals surface area contributed by atoms with Crippen molar-refractivity contribution in [2.75, 3.05) is 13.2 Å². The van der Waals surface area contributed by atoms with Gasteiger partial charge in [-0.2, -0.15) is 0 Å². The van der Waals surface area contributed by atoms with E-state index in [9.17, 15) is 30.6 Å². The first-order valence-electron chi connectivity index (χ1n) is 12.5. The summed E-state index contributed by atoms with van der Waals surface area (Å²) in [6, 6.07) is 9.17. The van der Waals surface area contributed by atoms with Crippen molar-refractivity contribution in [3.63, 3.8) is 0 Å². The SMILES string of the molecule is CC(C)(C)[Si](C)(C)OC[C@H]1O[C@@H](O[C@H]2[C@H](O)[C@@H](O)[C@@H](OCc3ccccc3)O[C@@H]2CO)[C@H](O)[C@@H](O)[C@H]1O. The molecule has 10 atom stereocenters.